The van der Waals surface area contributed by atoms with Crippen LogP contribution in [-0.4, -0.2) is 30.1 Å². The van der Waals surface area contributed by atoms with E-state index < -0.39 is 10.0 Å². The van der Waals surface area contributed by atoms with Crippen LogP contribution < -0.4 is 4.72 Å². The molecule has 0 atom stereocenters. The number of nitrogens with one attached hydrogen (secondary N) is 1. The first-order valence-corrected chi connectivity index (χ1v) is 9.18. The van der Waals surface area contributed by atoms with E-state index >= 15 is 0 Å². The van der Waals surface area contributed by atoms with Crippen LogP contribution in [0, 0.1) is 5.92 Å². The highest BCUT2D eigenvalue weighted by atomic mass is 32.2. The van der Waals surface area contributed by atoms with Crippen molar-refractivity contribution >= 4 is 32.2 Å². The Balaban J connectivity index is 1.98. The lowest BCUT2D eigenvalue weighted by atomic mass is 9.91. The van der Waals surface area contributed by atoms with Crippen LogP contribution in [0.4, 0.5) is 5.13 Å². The first-order chi connectivity index (χ1) is 9.50. The average molecular weight is 317 g/mol. The largest absolute Gasteiger partial charge is 0.411 e. The van der Waals surface area contributed by atoms with E-state index in [1.54, 1.807) is 12.3 Å². The number of oxime groups is 1. The van der Waals surface area contributed by atoms with E-state index in [1.165, 1.54) is 17.8 Å². The van der Waals surface area contributed by atoms with Gasteiger partial charge in [0.1, 0.15) is 11.4 Å². The number of thiazole rings is 1. The van der Waals surface area contributed by atoms with Crippen LogP contribution in [0.25, 0.3) is 0 Å². The van der Waals surface area contributed by atoms with Crippen molar-refractivity contribution in [1.82, 2.24) is 4.98 Å². The van der Waals surface area contributed by atoms with Crippen LogP contribution in [0.1, 0.15) is 44.7 Å². The van der Waals surface area contributed by atoms with Crippen molar-refractivity contribution in [2.24, 2.45) is 11.1 Å². The highest BCUT2D eigenvalue weighted by Gasteiger charge is 2.22. The summed E-state index contributed by atoms with van der Waals surface area (Å²) in [5.74, 6) is 0.413. The van der Waals surface area contributed by atoms with Gasteiger partial charge in [0.2, 0.25) is 10.0 Å². The molecule has 1 aliphatic rings. The summed E-state index contributed by atoms with van der Waals surface area (Å²) < 4.78 is 26.7. The van der Waals surface area contributed by atoms with Gasteiger partial charge in [-0.2, -0.15) is 0 Å². The fourth-order valence-electron chi connectivity index (χ4n) is 2.38. The SMILES string of the molecule is CC(=NO)c1csc(NS(=O)(=O)CC2CCCCC2)n1. The third kappa shape index (κ3) is 4.17. The molecule has 0 unspecified atom stereocenters. The highest BCUT2D eigenvalue weighted by molar-refractivity contribution is 7.92. The molecule has 8 heteroatoms. The summed E-state index contributed by atoms with van der Waals surface area (Å²) in [6.07, 6.45) is 5.42. The molecular formula is C12H19N3O3S2. The molecule has 0 amide bonds. The maximum atomic E-state index is 12.1. The van der Waals surface area contributed by atoms with Gasteiger partial charge in [0.05, 0.1) is 5.75 Å². The molecule has 0 aromatic carbocycles. The van der Waals surface area contributed by atoms with Gasteiger partial charge in [0, 0.05) is 5.38 Å². The van der Waals surface area contributed by atoms with E-state index in [2.05, 4.69) is 14.9 Å². The van der Waals surface area contributed by atoms with Gasteiger partial charge in [-0.3, -0.25) is 4.72 Å². The molecule has 1 fully saturated rings. The molecule has 0 aliphatic heterocycles. The third-order valence-electron chi connectivity index (χ3n) is 3.45. The van der Waals surface area contributed by atoms with Crippen molar-refractivity contribution in [3.05, 3.63) is 11.1 Å². The molecule has 1 aromatic heterocycles. The first-order valence-electron chi connectivity index (χ1n) is 6.65. The van der Waals surface area contributed by atoms with Crippen LogP contribution in [0.2, 0.25) is 0 Å². The lowest BCUT2D eigenvalue weighted by Gasteiger charge is -2.21. The Kier molecular flexibility index (Phi) is 4.98. The number of nitrogens with zero attached hydrogens (tertiary/aromatic N) is 2. The topological polar surface area (TPSA) is 91.7 Å². The zero-order valence-electron chi connectivity index (χ0n) is 11.4. The number of aromatic nitrogens is 1. The van der Waals surface area contributed by atoms with Crippen LogP contribution >= 0.6 is 11.3 Å². The van der Waals surface area contributed by atoms with Gasteiger partial charge >= 0.3 is 0 Å². The summed E-state index contributed by atoms with van der Waals surface area (Å²) in [5, 5.41) is 13.7. The predicted molar refractivity (Wildman–Crippen MR) is 80.1 cm³/mol. The Labute approximate surface area is 123 Å². The Morgan fingerprint density at radius 1 is 1.50 bits per heavy atom. The standard InChI is InChI=1S/C12H19N3O3S2/c1-9(14-16)11-7-19-12(13-11)15-20(17,18)8-10-5-3-2-4-6-10/h7,10,16H,2-6,8H2,1H3,(H,13,15). The molecule has 0 bridgehead atoms. The monoisotopic (exact) mass is 317 g/mol. The van der Waals surface area contributed by atoms with Crippen molar-refractivity contribution in [3.63, 3.8) is 0 Å². The van der Waals surface area contributed by atoms with Gasteiger partial charge in [0.15, 0.2) is 5.13 Å². The number of rotatable bonds is 5. The van der Waals surface area contributed by atoms with Gasteiger partial charge in [-0.15, -0.1) is 11.3 Å². The summed E-state index contributed by atoms with van der Waals surface area (Å²) in [6, 6.07) is 0. The lowest BCUT2D eigenvalue weighted by molar-refractivity contribution is 0.319. The molecule has 1 heterocycles. The van der Waals surface area contributed by atoms with Crippen molar-refractivity contribution in [1.29, 1.82) is 0 Å². The van der Waals surface area contributed by atoms with E-state index in [4.69, 9.17) is 5.21 Å². The molecule has 0 spiro atoms. The molecule has 6 nitrogen and oxygen atoms in total. The molecular weight excluding hydrogens is 298 g/mol. The number of anilines is 1. The average Bonchev–Trinajstić information content (AvgIpc) is 2.86. The fourth-order valence-corrected chi connectivity index (χ4v) is 4.90. The van der Waals surface area contributed by atoms with E-state index in [9.17, 15) is 8.42 Å². The Morgan fingerprint density at radius 2 is 2.20 bits per heavy atom. The Morgan fingerprint density at radius 3 is 2.85 bits per heavy atom. The van der Waals surface area contributed by atoms with Crippen LogP contribution in [-0.2, 0) is 10.0 Å². The summed E-state index contributed by atoms with van der Waals surface area (Å²) >= 11 is 1.19. The number of hydrogen-bond donors (Lipinski definition) is 2. The fraction of sp³-hybridized carbons (Fsp3) is 0.667. The van der Waals surface area contributed by atoms with Crippen molar-refractivity contribution in [2.75, 3.05) is 10.5 Å². The van der Waals surface area contributed by atoms with Crippen LogP contribution in [0.3, 0.4) is 0 Å². The minimum atomic E-state index is -3.36. The summed E-state index contributed by atoms with van der Waals surface area (Å²) in [7, 11) is -3.36. The van der Waals surface area contributed by atoms with Gasteiger partial charge < -0.3 is 5.21 Å². The molecule has 2 N–H and O–H groups in total. The van der Waals surface area contributed by atoms with E-state index in [-0.39, 0.29) is 11.7 Å². The molecule has 0 radical (unpaired) electrons. The van der Waals surface area contributed by atoms with Crippen molar-refractivity contribution in [3.8, 4) is 0 Å². The zero-order valence-corrected chi connectivity index (χ0v) is 13.0. The molecule has 1 saturated carbocycles. The number of hydrogen-bond acceptors (Lipinski definition) is 6. The second-order valence-corrected chi connectivity index (χ2v) is 7.74. The van der Waals surface area contributed by atoms with E-state index in [0.717, 1.165) is 25.7 Å². The normalized spacial score (nSPS) is 18.1. The summed E-state index contributed by atoms with van der Waals surface area (Å²) in [4.78, 5) is 4.10. The Bertz CT molecular complexity index is 575. The third-order valence-corrected chi connectivity index (χ3v) is 5.75. The van der Waals surface area contributed by atoms with Gasteiger partial charge in [-0.1, -0.05) is 24.4 Å². The van der Waals surface area contributed by atoms with E-state index in [0.29, 0.717) is 16.5 Å². The second-order valence-electron chi connectivity index (χ2n) is 5.11. The lowest BCUT2D eigenvalue weighted by Crippen LogP contribution is -2.24. The predicted octanol–water partition coefficient (Wildman–Crippen LogP) is 2.66. The molecule has 2 rings (SSSR count). The van der Waals surface area contributed by atoms with Gasteiger partial charge in [-0.05, 0) is 25.7 Å². The maximum absolute atomic E-state index is 12.1. The van der Waals surface area contributed by atoms with Gasteiger partial charge in [0.25, 0.3) is 0 Å². The zero-order chi connectivity index (χ0) is 14.6. The van der Waals surface area contributed by atoms with Crippen LogP contribution in [0.15, 0.2) is 10.5 Å². The van der Waals surface area contributed by atoms with E-state index in [1.807, 2.05) is 0 Å². The van der Waals surface area contributed by atoms with Crippen molar-refractivity contribution < 1.29 is 13.6 Å². The highest BCUT2D eigenvalue weighted by Crippen LogP contribution is 2.26. The number of sulfonamides is 1. The quantitative estimate of drug-likeness (QED) is 0.496. The molecule has 0 saturated heterocycles. The maximum Gasteiger partial charge on any atom is 0.234 e. The van der Waals surface area contributed by atoms with Crippen LogP contribution in [0.5, 0.6) is 0 Å². The molecule has 1 aliphatic carbocycles. The molecule has 112 valence electrons. The minimum Gasteiger partial charge on any atom is -0.411 e. The first kappa shape index (κ1) is 15.2. The minimum absolute atomic E-state index is 0.162. The summed E-state index contributed by atoms with van der Waals surface area (Å²) in [5.41, 5.74) is 0.840. The van der Waals surface area contributed by atoms with Gasteiger partial charge in [-0.25, -0.2) is 13.4 Å². The van der Waals surface area contributed by atoms with Crippen molar-refractivity contribution in [2.45, 2.75) is 39.0 Å². The molecule has 1 aromatic rings. The smallest absolute Gasteiger partial charge is 0.234 e. The Hall–Kier alpha value is -1.15. The summed E-state index contributed by atoms with van der Waals surface area (Å²) in [6.45, 7) is 1.61. The molecule has 20 heavy (non-hydrogen) atoms. The second kappa shape index (κ2) is 6.53.